The molecule has 0 saturated heterocycles. The van der Waals surface area contributed by atoms with E-state index in [0.29, 0.717) is 42.7 Å². The van der Waals surface area contributed by atoms with Crippen LogP contribution in [0.1, 0.15) is 57.7 Å². The van der Waals surface area contributed by atoms with Gasteiger partial charge in [-0.05, 0) is 49.4 Å². The van der Waals surface area contributed by atoms with Crippen LogP contribution in [0.5, 0.6) is 5.75 Å². The summed E-state index contributed by atoms with van der Waals surface area (Å²) in [6, 6.07) is 20.4. The predicted molar refractivity (Wildman–Crippen MR) is 129 cm³/mol. The number of rotatable bonds is 9. The zero-order valence-corrected chi connectivity index (χ0v) is 19.5. The van der Waals surface area contributed by atoms with Crippen molar-refractivity contribution in [1.82, 2.24) is 0 Å². The molecule has 0 saturated carbocycles. The zero-order valence-electron chi connectivity index (χ0n) is 19.5. The van der Waals surface area contributed by atoms with E-state index < -0.39 is 17.6 Å². The van der Waals surface area contributed by atoms with Crippen molar-refractivity contribution in [3.63, 3.8) is 0 Å². The Morgan fingerprint density at radius 3 is 2.35 bits per heavy atom. The Morgan fingerprint density at radius 1 is 1.03 bits per heavy atom. The monoisotopic (exact) mass is 460 g/mol. The summed E-state index contributed by atoms with van der Waals surface area (Å²) in [5.74, 6) is -0.926. The zero-order chi connectivity index (χ0) is 24.3. The van der Waals surface area contributed by atoms with Gasteiger partial charge in [0, 0.05) is 24.0 Å². The number of Topliss-reactive ketones (excluding diaryl/α,β-unsaturated/α-hetero) is 1. The van der Waals surface area contributed by atoms with Gasteiger partial charge in [0.15, 0.2) is 5.78 Å². The number of benzene rings is 3. The molecule has 4 nitrogen and oxygen atoms in total. The van der Waals surface area contributed by atoms with E-state index in [-0.39, 0.29) is 12.2 Å². The Hall–Kier alpha value is -3.47. The molecule has 0 aromatic heterocycles. The van der Waals surface area contributed by atoms with Crippen molar-refractivity contribution >= 4 is 11.8 Å². The number of aliphatic carboxylic acids is 1. The maximum Gasteiger partial charge on any atom is 0.310 e. The fourth-order valence-corrected chi connectivity index (χ4v) is 4.76. The van der Waals surface area contributed by atoms with E-state index in [0.717, 1.165) is 22.3 Å². The molecule has 1 atom stereocenters. The van der Waals surface area contributed by atoms with E-state index in [4.69, 9.17) is 4.74 Å². The first kappa shape index (κ1) is 23.7. The van der Waals surface area contributed by atoms with Crippen molar-refractivity contribution in [3.8, 4) is 5.75 Å². The van der Waals surface area contributed by atoms with Crippen LogP contribution in [0.4, 0.5) is 4.39 Å². The number of halogens is 1. The van der Waals surface area contributed by atoms with Crippen LogP contribution in [0.2, 0.25) is 0 Å². The number of ether oxygens (including phenoxy) is 1. The minimum Gasteiger partial charge on any atom is -0.493 e. The number of aryl methyl sites for hydroxylation is 1. The SMILES string of the molecule is Cc1cccc(CCOc2cc(C(=O)CC3(C(=O)O)Cc4ccccc4C3)ccc2C(C)F)c1. The van der Waals surface area contributed by atoms with Crippen molar-refractivity contribution < 1.29 is 23.8 Å². The average molecular weight is 461 g/mol. The lowest BCUT2D eigenvalue weighted by atomic mass is 9.78. The summed E-state index contributed by atoms with van der Waals surface area (Å²) >= 11 is 0. The largest absolute Gasteiger partial charge is 0.493 e. The number of hydrogen-bond donors (Lipinski definition) is 1. The van der Waals surface area contributed by atoms with Crippen molar-refractivity contribution in [1.29, 1.82) is 0 Å². The average Bonchev–Trinajstić information content (AvgIpc) is 3.18. The first-order valence-corrected chi connectivity index (χ1v) is 11.6. The van der Waals surface area contributed by atoms with Gasteiger partial charge in [0.05, 0.1) is 12.0 Å². The summed E-state index contributed by atoms with van der Waals surface area (Å²) < 4.78 is 20.2. The molecular formula is C29H29FO4. The molecule has 0 spiro atoms. The highest BCUT2D eigenvalue weighted by atomic mass is 19.1. The Balaban J connectivity index is 1.52. The lowest BCUT2D eigenvalue weighted by molar-refractivity contribution is -0.148. The van der Waals surface area contributed by atoms with Gasteiger partial charge >= 0.3 is 5.97 Å². The van der Waals surface area contributed by atoms with Crippen molar-refractivity contribution in [2.24, 2.45) is 5.41 Å². The van der Waals surface area contributed by atoms with Crippen LogP contribution in [-0.2, 0) is 24.1 Å². The standard InChI is InChI=1S/C29H29FO4/c1-19-6-5-7-21(14-19)12-13-34-27-15-22(10-11-25(27)20(2)30)26(31)18-29(28(32)33)16-23-8-3-4-9-24(23)17-29/h3-11,14-15,20H,12-13,16-18H2,1-2H3,(H,32,33). The van der Waals surface area contributed by atoms with Crippen LogP contribution in [0.3, 0.4) is 0 Å². The molecule has 1 aliphatic carbocycles. The summed E-state index contributed by atoms with van der Waals surface area (Å²) in [5, 5.41) is 10.0. The molecule has 0 radical (unpaired) electrons. The molecule has 3 aromatic carbocycles. The second kappa shape index (κ2) is 9.80. The van der Waals surface area contributed by atoms with E-state index in [1.165, 1.54) is 6.92 Å². The van der Waals surface area contributed by atoms with Crippen LogP contribution < -0.4 is 4.74 Å². The van der Waals surface area contributed by atoms with Crippen LogP contribution >= 0.6 is 0 Å². The number of carboxylic acids is 1. The molecule has 1 unspecified atom stereocenters. The van der Waals surface area contributed by atoms with E-state index in [9.17, 15) is 19.1 Å². The lowest BCUT2D eigenvalue weighted by Crippen LogP contribution is -2.34. The maximum absolute atomic E-state index is 14.2. The van der Waals surface area contributed by atoms with Gasteiger partial charge in [-0.25, -0.2) is 4.39 Å². The van der Waals surface area contributed by atoms with Gasteiger partial charge in [-0.15, -0.1) is 0 Å². The van der Waals surface area contributed by atoms with Crippen LogP contribution in [0, 0.1) is 12.3 Å². The van der Waals surface area contributed by atoms with E-state index in [1.54, 1.807) is 18.2 Å². The first-order valence-electron chi connectivity index (χ1n) is 11.6. The predicted octanol–water partition coefficient (Wildman–Crippen LogP) is 6.09. The Kier molecular flexibility index (Phi) is 6.82. The molecule has 34 heavy (non-hydrogen) atoms. The fraction of sp³-hybridized carbons (Fsp3) is 0.310. The molecule has 1 aliphatic rings. The van der Waals surface area contributed by atoms with Crippen LogP contribution in [-0.4, -0.2) is 23.5 Å². The smallest absolute Gasteiger partial charge is 0.310 e. The first-order chi connectivity index (χ1) is 16.3. The molecule has 5 heteroatoms. The number of ketones is 1. The summed E-state index contributed by atoms with van der Waals surface area (Å²) in [4.78, 5) is 25.5. The van der Waals surface area contributed by atoms with Gasteiger partial charge in [0.25, 0.3) is 0 Å². The van der Waals surface area contributed by atoms with E-state index >= 15 is 0 Å². The van der Waals surface area contributed by atoms with Gasteiger partial charge in [-0.3, -0.25) is 9.59 Å². The van der Waals surface area contributed by atoms with E-state index in [1.807, 2.05) is 49.4 Å². The van der Waals surface area contributed by atoms with E-state index in [2.05, 4.69) is 6.07 Å². The highest BCUT2D eigenvalue weighted by Gasteiger charge is 2.45. The summed E-state index contributed by atoms with van der Waals surface area (Å²) in [6.07, 6.45) is -0.0781. The van der Waals surface area contributed by atoms with Gasteiger partial charge in [0.2, 0.25) is 0 Å². The third kappa shape index (κ3) is 5.04. The molecule has 176 valence electrons. The molecular weight excluding hydrogens is 431 g/mol. The molecule has 1 N–H and O–H groups in total. The van der Waals surface area contributed by atoms with Gasteiger partial charge < -0.3 is 9.84 Å². The molecule has 0 amide bonds. The molecule has 4 rings (SSSR count). The highest BCUT2D eigenvalue weighted by Crippen LogP contribution is 2.41. The van der Waals surface area contributed by atoms with Crippen LogP contribution in [0.15, 0.2) is 66.7 Å². The maximum atomic E-state index is 14.2. The highest BCUT2D eigenvalue weighted by molar-refractivity contribution is 5.99. The lowest BCUT2D eigenvalue weighted by Gasteiger charge is -2.23. The fourth-order valence-electron chi connectivity index (χ4n) is 4.76. The molecule has 0 aliphatic heterocycles. The number of hydrogen-bond acceptors (Lipinski definition) is 3. The topological polar surface area (TPSA) is 63.6 Å². The van der Waals surface area contributed by atoms with Crippen molar-refractivity contribution in [2.45, 2.75) is 45.7 Å². The van der Waals surface area contributed by atoms with Crippen molar-refractivity contribution in [3.05, 3.63) is 100 Å². The summed E-state index contributed by atoms with van der Waals surface area (Å²) in [5.41, 5.74) is 3.77. The molecule has 0 fully saturated rings. The van der Waals surface area contributed by atoms with Crippen LogP contribution in [0.25, 0.3) is 0 Å². The van der Waals surface area contributed by atoms with Gasteiger partial charge in [-0.1, -0.05) is 66.2 Å². The number of alkyl halides is 1. The quantitative estimate of drug-likeness (QED) is 0.393. The van der Waals surface area contributed by atoms with Gasteiger partial charge in [-0.2, -0.15) is 0 Å². The Labute approximate surface area is 199 Å². The third-order valence-electron chi connectivity index (χ3n) is 6.62. The Bertz CT molecular complexity index is 1190. The normalized spacial score (nSPS) is 14.9. The molecule has 0 heterocycles. The summed E-state index contributed by atoms with van der Waals surface area (Å²) in [7, 11) is 0. The Morgan fingerprint density at radius 2 is 1.74 bits per heavy atom. The number of carboxylic acid groups (broad SMARTS) is 1. The second-order valence-corrected chi connectivity index (χ2v) is 9.26. The number of fused-ring (bicyclic) bond motifs is 1. The van der Waals surface area contributed by atoms with Crippen molar-refractivity contribution in [2.75, 3.05) is 6.61 Å². The number of carbonyl (C=O) groups is 2. The third-order valence-corrected chi connectivity index (χ3v) is 6.62. The van der Waals surface area contributed by atoms with Gasteiger partial charge in [0.1, 0.15) is 11.9 Å². The minimum absolute atomic E-state index is 0.121. The minimum atomic E-state index is -1.26. The molecule has 3 aromatic rings. The number of carbonyl (C=O) groups excluding carboxylic acids is 1. The second-order valence-electron chi connectivity index (χ2n) is 9.26. The summed E-state index contributed by atoms with van der Waals surface area (Å²) in [6.45, 7) is 3.80. The molecule has 0 bridgehead atoms.